The van der Waals surface area contributed by atoms with Crippen molar-refractivity contribution in [3.05, 3.63) is 38.4 Å². The zero-order valence-electron chi connectivity index (χ0n) is 11.7. The number of nitrogens with zero attached hydrogens (tertiary/aromatic N) is 2. The molecule has 0 spiro atoms. The summed E-state index contributed by atoms with van der Waals surface area (Å²) in [6.45, 7) is 1.91. The first-order chi connectivity index (χ1) is 10.6. The number of benzene rings is 1. The average Bonchev–Trinajstić information content (AvgIpc) is 2.49. The Morgan fingerprint density at radius 2 is 1.73 bits per heavy atom. The van der Waals surface area contributed by atoms with Crippen molar-refractivity contribution in [1.82, 2.24) is 0 Å². The summed E-state index contributed by atoms with van der Waals surface area (Å²) in [4.78, 5) is 20.2. The van der Waals surface area contributed by atoms with Gasteiger partial charge in [-0.15, -0.1) is 11.6 Å². The molecule has 0 saturated heterocycles. The fourth-order valence-corrected chi connectivity index (χ4v) is 1.68. The maximum absolute atomic E-state index is 10.9. The van der Waals surface area contributed by atoms with Crippen molar-refractivity contribution in [1.29, 1.82) is 0 Å². The van der Waals surface area contributed by atoms with E-state index in [-0.39, 0.29) is 17.1 Å². The van der Waals surface area contributed by atoms with Crippen molar-refractivity contribution < 1.29 is 19.3 Å². The van der Waals surface area contributed by atoms with Crippen LogP contribution in [0, 0.1) is 20.2 Å². The molecule has 0 radical (unpaired) electrons. The van der Waals surface area contributed by atoms with Crippen LogP contribution in [0.25, 0.3) is 0 Å². The molecule has 1 aromatic carbocycles. The molecule has 0 bridgehead atoms. The lowest BCUT2D eigenvalue weighted by atomic mass is 10.2. The highest BCUT2D eigenvalue weighted by Gasteiger charge is 2.18. The Kier molecular flexibility index (Phi) is 8.11. The maximum Gasteiger partial charge on any atom is 0.299 e. The molecule has 9 nitrogen and oxygen atoms in total. The van der Waals surface area contributed by atoms with Gasteiger partial charge >= 0.3 is 0 Å². The largest absolute Gasteiger partial charge is 0.378 e. The molecule has 0 aliphatic carbocycles. The van der Waals surface area contributed by atoms with Crippen molar-refractivity contribution in [2.45, 2.75) is 0 Å². The average molecular weight is 334 g/mol. The van der Waals surface area contributed by atoms with Crippen LogP contribution in [0.5, 0.6) is 0 Å². The minimum atomic E-state index is -0.680. The summed E-state index contributed by atoms with van der Waals surface area (Å²) in [6, 6.07) is 3.43. The van der Waals surface area contributed by atoms with Crippen LogP contribution in [0.2, 0.25) is 0 Å². The Balaban J connectivity index is 2.42. The number of anilines is 1. The lowest BCUT2D eigenvalue weighted by Crippen LogP contribution is -2.13. The number of nitrogens with one attached hydrogen (secondary N) is 1. The molecule has 0 amide bonds. The molecule has 1 N–H and O–H groups in total. The number of hydrogen-bond acceptors (Lipinski definition) is 7. The fraction of sp³-hybridized carbons (Fsp3) is 0.500. The third-order valence-electron chi connectivity index (χ3n) is 2.54. The first kappa shape index (κ1) is 18.1. The summed E-state index contributed by atoms with van der Waals surface area (Å²) in [5.74, 6) is 0.422. The Morgan fingerprint density at radius 3 is 2.32 bits per heavy atom. The highest BCUT2D eigenvalue weighted by atomic mass is 35.5. The topological polar surface area (TPSA) is 117 Å². The molecule has 0 aliphatic heterocycles. The Morgan fingerprint density at radius 1 is 1.05 bits per heavy atom. The van der Waals surface area contributed by atoms with Crippen LogP contribution in [-0.4, -0.2) is 48.7 Å². The van der Waals surface area contributed by atoms with E-state index in [9.17, 15) is 20.2 Å². The summed E-state index contributed by atoms with van der Waals surface area (Å²) in [7, 11) is 0. The van der Waals surface area contributed by atoms with Crippen LogP contribution in [0.4, 0.5) is 17.1 Å². The number of rotatable bonds is 11. The number of halogens is 1. The van der Waals surface area contributed by atoms with Gasteiger partial charge in [0.1, 0.15) is 5.69 Å². The van der Waals surface area contributed by atoms with Gasteiger partial charge in [-0.05, 0) is 6.07 Å². The van der Waals surface area contributed by atoms with E-state index in [0.717, 1.165) is 6.07 Å². The van der Waals surface area contributed by atoms with E-state index in [4.69, 9.17) is 21.1 Å². The summed E-state index contributed by atoms with van der Waals surface area (Å²) in [6.07, 6.45) is 0. The summed E-state index contributed by atoms with van der Waals surface area (Å²) in [5, 5.41) is 24.3. The number of nitro benzene ring substituents is 2. The normalized spacial score (nSPS) is 10.4. The Bertz CT molecular complexity index is 514. The van der Waals surface area contributed by atoms with Gasteiger partial charge < -0.3 is 14.8 Å². The first-order valence-electron chi connectivity index (χ1n) is 6.44. The first-order valence-corrected chi connectivity index (χ1v) is 6.98. The van der Waals surface area contributed by atoms with E-state index in [1.807, 2.05) is 0 Å². The van der Waals surface area contributed by atoms with Gasteiger partial charge in [-0.25, -0.2) is 0 Å². The van der Waals surface area contributed by atoms with E-state index < -0.39 is 9.85 Å². The number of hydrogen-bond donors (Lipinski definition) is 1. The van der Waals surface area contributed by atoms with Crippen molar-refractivity contribution in [3.63, 3.8) is 0 Å². The number of alkyl halides is 1. The second kappa shape index (κ2) is 9.87. The van der Waals surface area contributed by atoms with E-state index in [2.05, 4.69) is 5.32 Å². The smallest absolute Gasteiger partial charge is 0.299 e. The summed E-state index contributed by atoms with van der Waals surface area (Å²) < 4.78 is 10.4. The molecule has 22 heavy (non-hydrogen) atoms. The molecular weight excluding hydrogens is 318 g/mol. The van der Waals surface area contributed by atoms with Crippen molar-refractivity contribution in [2.24, 2.45) is 0 Å². The van der Waals surface area contributed by atoms with Crippen molar-refractivity contribution in [3.8, 4) is 0 Å². The number of ether oxygens (including phenoxy) is 2. The Hall–Kier alpha value is -1.97. The predicted molar refractivity (Wildman–Crippen MR) is 80.6 cm³/mol. The molecule has 0 unspecified atom stereocenters. The van der Waals surface area contributed by atoms with Gasteiger partial charge in [0, 0.05) is 18.5 Å². The van der Waals surface area contributed by atoms with Gasteiger partial charge in [0.25, 0.3) is 11.4 Å². The van der Waals surface area contributed by atoms with Gasteiger partial charge in [0.05, 0.1) is 42.3 Å². The summed E-state index contributed by atoms with van der Waals surface area (Å²) in [5.41, 5.74) is -0.470. The van der Waals surface area contributed by atoms with Gasteiger partial charge in [-0.1, -0.05) is 0 Å². The molecule has 0 fully saturated rings. The Labute approximate surface area is 131 Å². The fourth-order valence-electron chi connectivity index (χ4n) is 1.57. The van der Waals surface area contributed by atoms with Crippen LogP contribution < -0.4 is 5.32 Å². The molecule has 10 heteroatoms. The van der Waals surface area contributed by atoms with E-state index in [0.29, 0.717) is 38.9 Å². The van der Waals surface area contributed by atoms with Crippen LogP contribution in [0.15, 0.2) is 18.2 Å². The third kappa shape index (κ3) is 6.20. The molecule has 122 valence electrons. The number of non-ortho nitro benzene ring substituents is 1. The molecule has 0 aromatic heterocycles. The van der Waals surface area contributed by atoms with E-state index >= 15 is 0 Å². The van der Waals surface area contributed by atoms with Gasteiger partial charge in [0.15, 0.2) is 0 Å². The minimum absolute atomic E-state index is 0.206. The van der Waals surface area contributed by atoms with Crippen molar-refractivity contribution >= 4 is 28.7 Å². The van der Waals surface area contributed by atoms with Crippen LogP contribution >= 0.6 is 11.6 Å². The number of nitro groups is 2. The second-order valence-corrected chi connectivity index (χ2v) is 4.43. The molecule has 0 aliphatic rings. The van der Waals surface area contributed by atoms with Gasteiger partial charge in [-0.2, -0.15) is 0 Å². The predicted octanol–water partition coefficient (Wildman–Crippen LogP) is 2.19. The lowest BCUT2D eigenvalue weighted by molar-refractivity contribution is -0.393. The molecule has 0 heterocycles. The molecule has 1 aromatic rings. The van der Waals surface area contributed by atoms with Crippen LogP contribution in [0.1, 0.15) is 0 Å². The van der Waals surface area contributed by atoms with Gasteiger partial charge in [-0.3, -0.25) is 20.2 Å². The quantitative estimate of drug-likeness (QED) is 0.285. The molecule has 1 rings (SSSR count). The molecule has 0 atom stereocenters. The van der Waals surface area contributed by atoms with Gasteiger partial charge in [0.2, 0.25) is 0 Å². The van der Waals surface area contributed by atoms with Crippen LogP contribution in [0.3, 0.4) is 0 Å². The second-order valence-electron chi connectivity index (χ2n) is 4.06. The monoisotopic (exact) mass is 333 g/mol. The highest BCUT2D eigenvalue weighted by Crippen LogP contribution is 2.28. The molecular formula is C12H16ClN3O6. The van der Waals surface area contributed by atoms with E-state index in [1.54, 1.807) is 0 Å². The summed E-state index contributed by atoms with van der Waals surface area (Å²) >= 11 is 5.43. The standard InChI is InChI=1S/C12H16ClN3O6/c13-3-5-21-7-8-22-6-4-14-11-2-1-10(15(17)18)9-12(11)16(19)20/h1-2,9,14H,3-8H2. The maximum atomic E-state index is 10.9. The van der Waals surface area contributed by atoms with Crippen LogP contribution in [-0.2, 0) is 9.47 Å². The minimum Gasteiger partial charge on any atom is -0.378 e. The third-order valence-corrected chi connectivity index (χ3v) is 2.70. The zero-order chi connectivity index (χ0) is 16.4. The van der Waals surface area contributed by atoms with Crippen molar-refractivity contribution in [2.75, 3.05) is 44.2 Å². The lowest BCUT2D eigenvalue weighted by Gasteiger charge is -2.08. The SMILES string of the molecule is O=[N+]([O-])c1ccc(NCCOCCOCCCl)c([N+](=O)[O-])c1. The van der Waals surface area contributed by atoms with E-state index in [1.165, 1.54) is 12.1 Å². The highest BCUT2D eigenvalue weighted by molar-refractivity contribution is 6.17. The molecule has 0 saturated carbocycles. The zero-order valence-corrected chi connectivity index (χ0v) is 12.5.